The molecule has 1 atom stereocenters. The fourth-order valence-electron chi connectivity index (χ4n) is 2.34. The summed E-state index contributed by atoms with van der Waals surface area (Å²) in [4.78, 5) is 12.1. The van der Waals surface area contributed by atoms with Crippen LogP contribution in [0.3, 0.4) is 0 Å². The van der Waals surface area contributed by atoms with Crippen molar-refractivity contribution >= 4 is 11.7 Å². The third kappa shape index (κ3) is 4.65. The van der Waals surface area contributed by atoms with E-state index in [4.69, 9.17) is 9.47 Å². The first-order chi connectivity index (χ1) is 11.7. The van der Waals surface area contributed by atoms with E-state index in [9.17, 15) is 4.79 Å². The number of amides is 2. The predicted molar refractivity (Wildman–Crippen MR) is 95.8 cm³/mol. The molecule has 0 heterocycles. The number of carbonyl (C=O) groups is 1. The van der Waals surface area contributed by atoms with E-state index in [1.54, 1.807) is 19.2 Å². The van der Waals surface area contributed by atoms with E-state index in [0.717, 1.165) is 17.7 Å². The Bertz CT molecular complexity index is 673. The van der Waals surface area contributed by atoms with Gasteiger partial charge in [-0.3, -0.25) is 0 Å². The Morgan fingerprint density at radius 1 is 1.08 bits per heavy atom. The molecule has 0 aliphatic heterocycles. The molecule has 0 radical (unpaired) electrons. The Balaban J connectivity index is 1.90. The second-order valence-electron chi connectivity index (χ2n) is 5.47. The number of ether oxygens (including phenoxy) is 2. The summed E-state index contributed by atoms with van der Waals surface area (Å²) in [6.45, 7) is 4.32. The lowest BCUT2D eigenvalue weighted by Gasteiger charge is -2.16. The first-order valence-electron chi connectivity index (χ1n) is 8.05. The van der Waals surface area contributed by atoms with Gasteiger partial charge in [-0.2, -0.15) is 0 Å². The Labute approximate surface area is 143 Å². The summed E-state index contributed by atoms with van der Waals surface area (Å²) < 4.78 is 10.7. The second kappa shape index (κ2) is 8.82. The number of benzene rings is 2. The predicted octanol–water partition coefficient (Wildman–Crippen LogP) is 4.37. The highest BCUT2D eigenvalue weighted by Crippen LogP contribution is 2.27. The Kier molecular flexibility index (Phi) is 6.49. The molecule has 2 amide bonds. The van der Waals surface area contributed by atoms with E-state index in [-0.39, 0.29) is 12.8 Å². The Hall–Kier alpha value is -2.69. The van der Waals surface area contributed by atoms with E-state index >= 15 is 0 Å². The Morgan fingerprint density at radius 3 is 2.46 bits per heavy atom. The van der Waals surface area contributed by atoms with Crippen LogP contribution in [0.5, 0.6) is 11.5 Å². The highest BCUT2D eigenvalue weighted by molar-refractivity contribution is 5.90. The van der Waals surface area contributed by atoms with Gasteiger partial charge in [0, 0.05) is 5.69 Å². The average Bonchev–Trinajstić information content (AvgIpc) is 2.62. The summed E-state index contributed by atoms with van der Waals surface area (Å²) in [5.41, 5.74) is 1.95. The molecule has 2 aromatic rings. The zero-order valence-corrected chi connectivity index (χ0v) is 14.3. The highest BCUT2D eigenvalue weighted by Gasteiger charge is 2.11. The van der Waals surface area contributed by atoms with Crippen molar-refractivity contribution < 1.29 is 14.3 Å². The lowest BCUT2D eigenvalue weighted by molar-refractivity contribution is 0.231. The SMILES string of the molecule is CCC(C)c1ccccc1NC(=O)NCOc1ccccc1OC. The first kappa shape index (κ1) is 17.7. The molecule has 0 saturated heterocycles. The quantitative estimate of drug-likeness (QED) is 0.742. The molecule has 128 valence electrons. The van der Waals surface area contributed by atoms with Gasteiger partial charge in [0.15, 0.2) is 18.2 Å². The molecule has 0 saturated carbocycles. The number of hydrogen-bond acceptors (Lipinski definition) is 3. The molecule has 0 bridgehead atoms. The van der Waals surface area contributed by atoms with Gasteiger partial charge in [-0.1, -0.05) is 44.2 Å². The maximum absolute atomic E-state index is 12.1. The lowest BCUT2D eigenvalue weighted by atomic mass is 9.97. The van der Waals surface area contributed by atoms with E-state index in [1.807, 2.05) is 36.4 Å². The number of anilines is 1. The molecule has 5 nitrogen and oxygen atoms in total. The van der Waals surface area contributed by atoms with Crippen LogP contribution in [-0.4, -0.2) is 19.9 Å². The third-order valence-electron chi connectivity index (χ3n) is 3.88. The summed E-state index contributed by atoms with van der Waals surface area (Å²) in [6, 6.07) is 14.8. The third-order valence-corrected chi connectivity index (χ3v) is 3.88. The average molecular weight is 328 g/mol. The molecule has 0 spiro atoms. The van der Waals surface area contributed by atoms with Crippen LogP contribution in [0.4, 0.5) is 10.5 Å². The zero-order valence-electron chi connectivity index (χ0n) is 14.3. The summed E-state index contributed by atoms with van der Waals surface area (Å²) >= 11 is 0. The van der Waals surface area contributed by atoms with Crippen molar-refractivity contribution in [2.24, 2.45) is 0 Å². The lowest BCUT2D eigenvalue weighted by Crippen LogP contribution is -2.32. The van der Waals surface area contributed by atoms with Gasteiger partial charge in [0.2, 0.25) is 0 Å². The molecule has 2 N–H and O–H groups in total. The molecule has 5 heteroatoms. The van der Waals surface area contributed by atoms with Gasteiger partial charge in [0.05, 0.1) is 7.11 Å². The largest absolute Gasteiger partial charge is 0.493 e. The number of urea groups is 1. The van der Waals surface area contributed by atoms with Crippen LogP contribution in [0.15, 0.2) is 48.5 Å². The number of methoxy groups -OCH3 is 1. The maximum Gasteiger partial charge on any atom is 0.321 e. The van der Waals surface area contributed by atoms with Gasteiger partial charge in [-0.15, -0.1) is 0 Å². The minimum Gasteiger partial charge on any atom is -0.493 e. The first-order valence-corrected chi connectivity index (χ1v) is 8.05. The summed E-state index contributed by atoms with van der Waals surface area (Å²) in [6.07, 6.45) is 1.01. The van der Waals surface area contributed by atoms with E-state index in [1.165, 1.54) is 0 Å². The van der Waals surface area contributed by atoms with Gasteiger partial charge >= 0.3 is 6.03 Å². The van der Waals surface area contributed by atoms with Crippen LogP contribution in [0.25, 0.3) is 0 Å². The fraction of sp³-hybridized carbons (Fsp3) is 0.316. The molecule has 2 aromatic carbocycles. The highest BCUT2D eigenvalue weighted by atomic mass is 16.5. The maximum atomic E-state index is 12.1. The minimum absolute atomic E-state index is 0.0533. The molecular formula is C19H24N2O3. The number of nitrogens with one attached hydrogen (secondary N) is 2. The van der Waals surface area contributed by atoms with Crippen molar-refractivity contribution in [1.82, 2.24) is 5.32 Å². The number of hydrogen-bond donors (Lipinski definition) is 2. The van der Waals surface area contributed by atoms with E-state index in [0.29, 0.717) is 17.4 Å². The topological polar surface area (TPSA) is 59.6 Å². The van der Waals surface area contributed by atoms with Gasteiger partial charge in [-0.05, 0) is 36.1 Å². The fourth-order valence-corrected chi connectivity index (χ4v) is 2.34. The Morgan fingerprint density at radius 2 is 1.75 bits per heavy atom. The van der Waals surface area contributed by atoms with E-state index in [2.05, 4.69) is 24.5 Å². The van der Waals surface area contributed by atoms with Crippen molar-refractivity contribution in [3.63, 3.8) is 0 Å². The second-order valence-corrected chi connectivity index (χ2v) is 5.47. The molecular weight excluding hydrogens is 304 g/mol. The summed E-state index contributed by atoms with van der Waals surface area (Å²) in [7, 11) is 1.58. The molecule has 0 aliphatic rings. The van der Waals surface area contributed by atoms with Crippen molar-refractivity contribution in [2.45, 2.75) is 26.2 Å². The van der Waals surface area contributed by atoms with Crippen LogP contribution in [0.2, 0.25) is 0 Å². The van der Waals surface area contributed by atoms with Gasteiger partial charge < -0.3 is 20.1 Å². The molecule has 0 aromatic heterocycles. The van der Waals surface area contributed by atoms with Gasteiger partial charge in [-0.25, -0.2) is 4.79 Å². The summed E-state index contributed by atoms with van der Waals surface area (Å²) in [5, 5.41) is 5.57. The number of para-hydroxylation sites is 3. The van der Waals surface area contributed by atoms with Crippen molar-refractivity contribution in [3.05, 3.63) is 54.1 Å². The molecule has 1 unspecified atom stereocenters. The van der Waals surface area contributed by atoms with Gasteiger partial charge in [0.25, 0.3) is 0 Å². The van der Waals surface area contributed by atoms with Crippen LogP contribution in [-0.2, 0) is 0 Å². The van der Waals surface area contributed by atoms with Crippen molar-refractivity contribution in [1.29, 1.82) is 0 Å². The van der Waals surface area contributed by atoms with E-state index < -0.39 is 0 Å². The molecule has 2 rings (SSSR count). The molecule has 0 aliphatic carbocycles. The zero-order chi connectivity index (χ0) is 17.4. The normalized spacial score (nSPS) is 11.5. The van der Waals surface area contributed by atoms with Crippen LogP contribution in [0, 0.1) is 0 Å². The summed E-state index contributed by atoms with van der Waals surface area (Å²) in [5.74, 6) is 1.59. The standard InChI is InChI=1S/C19H24N2O3/c1-4-14(2)15-9-5-6-10-16(15)21-19(22)20-13-24-18-12-8-7-11-17(18)23-3/h5-12,14H,4,13H2,1-3H3,(H2,20,21,22). The van der Waals surface area contributed by atoms with Crippen LogP contribution < -0.4 is 20.1 Å². The molecule has 0 fully saturated rings. The van der Waals surface area contributed by atoms with Gasteiger partial charge in [0.1, 0.15) is 0 Å². The van der Waals surface area contributed by atoms with Crippen molar-refractivity contribution in [3.8, 4) is 11.5 Å². The minimum atomic E-state index is -0.305. The van der Waals surface area contributed by atoms with Crippen LogP contribution in [0.1, 0.15) is 31.7 Å². The number of carbonyl (C=O) groups excluding carboxylic acids is 1. The van der Waals surface area contributed by atoms with Crippen LogP contribution >= 0.6 is 0 Å². The monoisotopic (exact) mass is 328 g/mol. The smallest absolute Gasteiger partial charge is 0.321 e. The number of rotatable bonds is 7. The van der Waals surface area contributed by atoms with Crippen molar-refractivity contribution in [2.75, 3.05) is 19.2 Å². The molecule has 24 heavy (non-hydrogen) atoms.